The number of hydrogen-bond donors (Lipinski definition) is 2. The summed E-state index contributed by atoms with van der Waals surface area (Å²) in [4.78, 5) is 9.03. The van der Waals surface area contributed by atoms with Gasteiger partial charge in [-0.15, -0.1) is 24.0 Å². The van der Waals surface area contributed by atoms with Gasteiger partial charge in [0, 0.05) is 31.3 Å². The summed E-state index contributed by atoms with van der Waals surface area (Å²) in [6.07, 6.45) is 1.76. The van der Waals surface area contributed by atoms with Crippen molar-refractivity contribution in [3.8, 4) is 11.5 Å². The van der Waals surface area contributed by atoms with Gasteiger partial charge in [-0.25, -0.2) is 4.98 Å². The molecule has 1 aliphatic rings. The largest absolute Gasteiger partial charge is 0.490 e. The van der Waals surface area contributed by atoms with Gasteiger partial charge in [0.25, 0.3) is 0 Å². The van der Waals surface area contributed by atoms with E-state index < -0.39 is 0 Å². The summed E-state index contributed by atoms with van der Waals surface area (Å²) in [6.45, 7) is 4.85. The van der Waals surface area contributed by atoms with Crippen LogP contribution in [0.2, 0.25) is 0 Å². The van der Waals surface area contributed by atoms with E-state index in [1.54, 1.807) is 0 Å². The number of ether oxygens (including phenoxy) is 2. The van der Waals surface area contributed by atoms with E-state index in [9.17, 15) is 0 Å². The molecule has 29 heavy (non-hydrogen) atoms. The number of nitrogens with one attached hydrogen (secondary N) is 1. The fourth-order valence-electron chi connectivity index (χ4n) is 3.33. The van der Waals surface area contributed by atoms with Crippen LogP contribution in [0.15, 0.2) is 47.5 Å². The van der Waals surface area contributed by atoms with Crippen LogP contribution in [0.1, 0.15) is 18.7 Å². The van der Waals surface area contributed by atoms with Crippen molar-refractivity contribution in [3.05, 3.63) is 48.3 Å². The zero-order valence-corrected chi connectivity index (χ0v) is 18.8. The summed E-state index contributed by atoms with van der Waals surface area (Å²) in [5.41, 5.74) is 9.06. The maximum atomic E-state index is 6.04. The van der Waals surface area contributed by atoms with E-state index in [0.29, 0.717) is 25.7 Å². The van der Waals surface area contributed by atoms with Gasteiger partial charge in [-0.3, -0.25) is 4.99 Å². The Balaban J connectivity index is 0.00000240. The molecule has 1 aliphatic heterocycles. The number of para-hydroxylation sites is 2. The van der Waals surface area contributed by atoms with Crippen molar-refractivity contribution in [1.29, 1.82) is 0 Å². The molecule has 3 aromatic rings. The van der Waals surface area contributed by atoms with Gasteiger partial charge >= 0.3 is 0 Å². The lowest BCUT2D eigenvalue weighted by Crippen LogP contribution is -2.23. The maximum Gasteiger partial charge on any atom is 0.193 e. The van der Waals surface area contributed by atoms with Gasteiger partial charge < -0.3 is 25.1 Å². The Hall–Kier alpha value is -2.49. The molecular formula is C21H26IN5O2. The van der Waals surface area contributed by atoms with Gasteiger partial charge in [-0.2, -0.15) is 0 Å². The van der Waals surface area contributed by atoms with Gasteiger partial charge in [0.1, 0.15) is 5.82 Å². The Morgan fingerprint density at radius 1 is 1.17 bits per heavy atom. The summed E-state index contributed by atoms with van der Waals surface area (Å²) in [7, 11) is 0. The Bertz CT molecular complexity index is 1000. The predicted octanol–water partition coefficient (Wildman–Crippen LogP) is 3.94. The quantitative estimate of drug-likeness (QED) is 0.237. The van der Waals surface area contributed by atoms with Gasteiger partial charge in [0.05, 0.1) is 24.2 Å². The molecule has 0 unspecified atom stereocenters. The molecule has 4 rings (SSSR count). The third-order valence-electron chi connectivity index (χ3n) is 4.69. The molecule has 7 nitrogen and oxygen atoms in total. The van der Waals surface area contributed by atoms with E-state index in [2.05, 4.69) is 25.9 Å². The molecule has 0 bridgehead atoms. The molecule has 0 amide bonds. The van der Waals surface area contributed by atoms with Crippen molar-refractivity contribution in [3.63, 3.8) is 0 Å². The zero-order chi connectivity index (χ0) is 19.3. The van der Waals surface area contributed by atoms with E-state index >= 15 is 0 Å². The number of nitrogens with zero attached hydrogens (tertiary/aromatic N) is 3. The van der Waals surface area contributed by atoms with Crippen LogP contribution >= 0.6 is 24.0 Å². The third-order valence-corrected chi connectivity index (χ3v) is 4.69. The van der Waals surface area contributed by atoms with Crippen molar-refractivity contribution in [2.75, 3.05) is 25.1 Å². The van der Waals surface area contributed by atoms with Crippen molar-refractivity contribution in [2.45, 2.75) is 26.3 Å². The second-order valence-corrected chi connectivity index (χ2v) is 6.76. The van der Waals surface area contributed by atoms with Crippen LogP contribution in [0.4, 0.5) is 5.69 Å². The van der Waals surface area contributed by atoms with Crippen LogP contribution in [-0.2, 0) is 6.54 Å². The first kappa shape index (κ1) is 21.2. The Kier molecular flexibility index (Phi) is 7.18. The number of aromatic nitrogens is 2. The number of rotatable bonds is 5. The third kappa shape index (κ3) is 5.11. The average Bonchev–Trinajstić information content (AvgIpc) is 2.85. The van der Waals surface area contributed by atoms with E-state index in [1.807, 2.05) is 43.3 Å². The summed E-state index contributed by atoms with van der Waals surface area (Å²) < 4.78 is 13.6. The minimum absolute atomic E-state index is 0. The van der Waals surface area contributed by atoms with Crippen LogP contribution in [0.3, 0.4) is 0 Å². The molecule has 0 aliphatic carbocycles. The lowest BCUT2D eigenvalue weighted by Gasteiger charge is -2.11. The van der Waals surface area contributed by atoms with Crippen LogP contribution in [0.25, 0.3) is 11.0 Å². The second kappa shape index (κ2) is 9.82. The lowest BCUT2D eigenvalue weighted by atomic mass is 10.3. The fraction of sp³-hybridized carbons (Fsp3) is 0.333. The molecule has 154 valence electrons. The average molecular weight is 507 g/mol. The summed E-state index contributed by atoms with van der Waals surface area (Å²) in [5, 5.41) is 3.12. The topological polar surface area (TPSA) is 86.7 Å². The smallest absolute Gasteiger partial charge is 0.193 e. The van der Waals surface area contributed by atoms with E-state index in [-0.39, 0.29) is 24.0 Å². The molecule has 0 radical (unpaired) electrons. The van der Waals surface area contributed by atoms with Crippen molar-refractivity contribution >= 4 is 46.7 Å². The summed E-state index contributed by atoms with van der Waals surface area (Å²) >= 11 is 0. The fourth-order valence-corrected chi connectivity index (χ4v) is 3.33. The van der Waals surface area contributed by atoms with Crippen molar-refractivity contribution < 1.29 is 9.47 Å². The number of benzene rings is 2. The number of fused-ring (bicyclic) bond motifs is 2. The summed E-state index contributed by atoms with van der Waals surface area (Å²) in [5.74, 6) is 2.91. The highest BCUT2D eigenvalue weighted by molar-refractivity contribution is 14.0. The molecule has 8 heteroatoms. The number of nitrogens with two attached hydrogens (primary N) is 1. The van der Waals surface area contributed by atoms with E-state index in [0.717, 1.165) is 53.4 Å². The van der Waals surface area contributed by atoms with Gasteiger partial charge in [-0.1, -0.05) is 12.1 Å². The zero-order valence-electron chi connectivity index (χ0n) is 16.4. The lowest BCUT2D eigenvalue weighted by molar-refractivity contribution is 0.297. The standard InChI is InChI=1S/C21H25N5O2.HI/c1-15-24-17-6-2-3-7-18(17)26(15)11-4-10-23-21(22)25-16-8-9-19-20(14-16)28-13-5-12-27-19;/h2-3,6-9,14H,4-5,10-13H2,1H3,(H3,22,23,25);1H. The number of halogens is 1. The molecule has 1 aromatic heterocycles. The van der Waals surface area contributed by atoms with Gasteiger partial charge in [0.15, 0.2) is 17.5 Å². The molecule has 0 spiro atoms. The monoisotopic (exact) mass is 507 g/mol. The summed E-state index contributed by atoms with van der Waals surface area (Å²) in [6, 6.07) is 13.9. The van der Waals surface area contributed by atoms with Crippen molar-refractivity contribution in [1.82, 2.24) is 9.55 Å². The number of anilines is 1. The number of aryl methyl sites for hydroxylation is 2. The minimum atomic E-state index is 0. The van der Waals surface area contributed by atoms with Crippen LogP contribution < -0.4 is 20.5 Å². The maximum absolute atomic E-state index is 6.04. The highest BCUT2D eigenvalue weighted by Crippen LogP contribution is 2.32. The van der Waals surface area contributed by atoms with E-state index in [4.69, 9.17) is 15.2 Å². The first-order valence-corrected chi connectivity index (χ1v) is 9.59. The van der Waals surface area contributed by atoms with Gasteiger partial charge in [0.2, 0.25) is 0 Å². The van der Waals surface area contributed by atoms with Gasteiger partial charge in [-0.05, 0) is 37.6 Å². The highest BCUT2D eigenvalue weighted by atomic mass is 127. The van der Waals surface area contributed by atoms with E-state index in [1.165, 1.54) is 0 Å². The molecule has 2 heterocycles. The molecule has 0 saturated heterocycles. The number of hydrogen-bond acceptors (Lipinski definition) is 4. The number of imidazole rings is 1. The SMILES string of the molecule is Cc1nc2ccccc2n1CCCN=C(N)Nc1ccc2c(c1)OCCCO2.I. The normalized spacial score (nSPS) is 13.6. The highest BCUT2D eigenvalue weighted by Gasteiger charge is 2.11. The molecule has 0 atom stereocenters. The number of guanidine groups is 1. The van der Waals surface area contributed by atoms with Crippen LogP contribution in [0.5, 0.6) is 11.5 Å². The first-order valence-electron chi connectivity index (χ1n) is 9.59. The molecule has 0 saturated carbocycles. The molecular weight excluding hydrogens is 481 g/mol. The minimum Gasteiger partial charge on any atom is -0.490 e. The van der Waals surface area contributed by atoms with Crippen LogP contribution in [-0.4, -0.2) is 35.3 Å². The van der Waals surface area contributed by atoms with Crippen LogP contribution in [0, 0.1) is 6.92 Å². The van der Waals surface area contributed by atoms with Crippen molar-refractivity contribution in [2.24, 2.45) is 10.7 Å². The Labute approximate surface area is 187 Å². The molecule has 2 aromatic carbocycles. The number of aliphatic imine (C=N–C) groups is 1. The molecule has 0 fully saturated rings. The first-order chi connectivity index (χ1) is 13.7. The molecule has 3 N–H and O–H groups in total. The Morgan fingerprint density at radius 2 is 1.97 bits per heavy atom. The Morgan fingerprint density at radius 3 is 2.83 bits per heavy atom. The second-order valence-electron chi connectivity index (χ2n) is 6.76. The predicted molar refractivity (Wildman–Crippen MR) is 127 cm³/mol.